The number of ether oxygens (including phenoxy) is 1. The van der Waals surface area contributed by atoms with Gasteiger partial charge in [0.15, 0.2) is 0 Å². The molecule has 9 heteroatoms. The van der Waals surface area contributed by atoms with Gasteiger partial charge in [0.2, 0.25) is 10.0 Å². The second kappa shape index (κ2) is 5.61. The Balaban J connectivity index is 1.95. The summed E-state index contributed by atoms with van der Waals surface area (Å²) >= 11 is 0. The van der Waals surface area contributed by atoms with Gasteiger partial charge < -0.3 is 14.0 Å². The maximum atomic E-state index is 11.5. The smallest absolute Gasteiger partial charge is 0.489 e. The first-order valence-electron chi connectivity index (χ1n) is 7.98. The first kappa shape index (κ1) is 17.5. The number of anilines is 1. The summed E-state index contributed by atoms with van der Waals surface area (Å²) in [6.45, 7) is 7.81. The summed E-state index contributed by atoms with van der Waals surface area (Å²) in [5.41, 5.74) is -0.582. The van der Waals surface area contributed by atoms with E-state index in [4.69, 9.17) is 14.0 Å². The number of nitrogens with zero attached hydrogens (tertiary/aromatic N) is 1. The van der Waals surface area contributed by atoms with E-state index in [2.05, 4.69) is 9.71 Å². The first-order valence-corrected chi connectivity index (χ1v) is 9.87. The van der Waals surface area contributed by atoms with Gasteiger partial charge in [0.05, 0.1) is 23.6 Å². The van der Waals surface area contributed by atoms with Crippen molar-refractivity contribution in [2.45, 2.75) is 57.8 Å². The summed E-state index contributed by atoms with van der Waals surface area (Å²) in [5, 5.41) is 0. The Bertz CT molecular complexity index is 730. The molecule has 7 nitrogen and oxygen atoms in total. The van der Waals surface area contributed by atoms with Crippen LogP contribution in [-0.4, -0.2) is 44.1 Å². The maximum Gasteiger partial charge on any atom is 0.518 e. The van der Waals surface area contributed by atoms with Crippen molar-refractivity contribution in [3.8, 4) is 5.75 Å². The lowest BCUT2D eigenvalue weighted by atomic mass is 9.83. The largest absolute Gasteiger partial charge is 0.518 e. The van der Waals surface area contributed by atoms with Gasteiger partial charge in [-0.15, -0.1) is 0 Å². The molecule has 1 saturated carbocycles. The van der Waals surface area contributed by atoms with Crippen LogP contribution in [0.25, 0.3) is 0 Å². The van der Waals surface area contributed by atoms with Crippen LogP contribution in [0.3, 0.4) is 0 Å². The van der Waals surface area contributed by atoms with Gasteiger partial charge in [-0.1, -0.05) is 0 Å². The van der Waals surface area contributed by atoms with Crippen LogP contribution in [0.2, 0.25) is 0 Å². The predicted molar refractivity (Wildman–Crippen MR) is 92.1 cm³/mol. The first-order chi connectivity index (χ1) is 11.0. The van der Waals surface area contributed by atoms with Crippen molar-refractivity contribution >= 4 is 28.6 Å². The molecule has 0 bridgehead atoms. The topological polar surface area (TPSA) is 86.8 Å². The fraction of sp³-hybridized carbons (Fsp3) is 0.667. The SMILES string of the molecule is CC1(C)OB(c2nc(NS(C)(=O)=O)ccc2OC2CC2)OC1(C)C. The third-order valence-electron chi connectivity index (χ3n) is 4.47. The number of sulfonamides is 1. The highest BCUT2D eigenvalue weighted by Crippen LogP contribution is 2.37. The van der Waals surface area contributed by atoms with Crippen LogP contribution in [0.15, 0.2) is 12.1 Å². The molecule has 1 N–H and O–H groups in total. The molecule has 0 unspecified atom stereocenters. The molecule has 1 saturated heterocycles. The highest BCUT2D eigenvalue weighted by molar-refractivity contribution is 7.92. The molecule has 2 fully saturated rings. The van der Waals surface area contributed by atoms with Crippen LogP contribution >= 0.6 is 0 Å². The quantitative estimate of drug-likeness (QED) is 0.802. The van der Waals surface area contributed by atoms with Crippen molar-refractivity contribution in [3.05, 3.63) is 12.1 Å². The molecule has 132 valence electrons. The highest BCUT2D eigenvalue weighted by atomic mass is 32.2. The van der Waals surface area contributed by atoms with Crippen molar-refractivity contribution in [1.82, 2.24) is 4.98 Å². The lowest BCUT2D eigenvalue weighted by Crippen LogP contribution is -2.41. The van der Waals surface area contributed by atoms with E-state index in [0.717, 1.165) is 19.1 Å². The monoisotopic (exact) mass is 354 g/mol. The van der Waals surface area contributed by atoms with Crippen molar-refractivity contribution in [1.29, 1.82) is 0 Å². The van der Waals surface area contributed by atoms with E-state index in [1.165, 1.54) is 0 Å². The Kier molecular flexibility index (Phi) is 4.09. The summed E-state index contributed by atoms with van der Waals surface area (Å²) in [4.78, 5) is 4.39. The summed E-state index contributed by atoms with van der Waals surface area (Å²) in [6.07, 6.45) is 3.28. The molecule has 2 heterocycles. The zero-order valence-electron chi connectivity index (χ0n) is 14.6. The molecule has 0 radical (unpaired) electrons. The van der Waals surface area contributed by atoms with E-state index in [-0.39, 0.29) is 11.9 Å². The van der Waals surface area contributed by atoms with Crippen molar-refractivity contribution < 1.29 is 22.5 Å². The van der Waals surface area contributed by atoms with E-state index in [1.54, 1.807) is 12.1 Å². The Labute approximate surface area is 143 Å². The van der Waals surface area contributed by atoms with E-state index in [0.29, 0.717) is 11.3 Å². The third kappa shape index (κ3) is 3.68. The molecule has 3 rings (SSSR count). The van der Waals surface area contributed by atoms with Gasteiger partial charge >= 0.3 is 7.12 Å². The molecular weight excluding hydrogens is 331 g/mol. The molecule has 1 aromatic rings. The molecular formula is C15H23BN2O5S. The van der Waals surface area contributed by atoms with E-state index in [1.807, 2.05) is 27.7 Å². The molecule has 0 spiro atoms. The average Bonchev–Trinajstić information content (AvgIpc) is 3.17. The molecule has 1 aliphatic carbocycles. The molecule has 1 aliphatic heterocycles. The highest BCUT2D eigenvalue weighted by Gasteiger charge is 2.53. The van der Waals surface area contributed by atoms with E-state index in [9.17, 15) is 8.42 Å². The lowest BCUT2D eigenvalue weighted by molar-refractivity contribution is 0.00578. The Morgan fingerprint density at radius 1 is 1.21 bits per heavy atom. The van der Waals surface area contributed by atoms with Gasteiger partial charge in [0.1, 0.15) is 17.2 Å². The van der Waals surface area contributed by atoms with Crippen molar-refractivity contribution in [3.63, 3.8) is 0 Å². The minimum atomic E-state index is -3.42. The zero-order chi connectivity index (χ0) is 17.8. The minimum Gasteiger partial charge on any atom is -0.489 e. The summed E-state index contributed by atoms with van der Waals surface area (Å²) in [6, 6.07) is 3.28. The summed E-state index contributed by atoms with van der Waals surface area (Å²) in [5.74, 6) is 0.778. The standard InChI is InChI=1S/C15H23BN2O5S/c1-14(2)15(3,4)23-16(22-14)13-11(21-10-6-7-10)8-9-12(17-13)18-24(5,19)20/h8-10H,6-7H2,1-5H3,(H,17,18). The van der Waals surface area contributed by atoms with Crippen LogP contribution in [0.1, 0.15) is 40.5 Å². The van der Waals surface area contributed by atoms with Gasteiger partial charge in [0.25, 0.3) is 0 Å². The number of nitrogens with one attached hydrogen (secondary N) is 1. The number of hydrogen-bond acceptors (Lipinski definition) is 6. The predicted octanol–water partition coefficient (Wildman–Crippen LogP) is 1.29. The molecule has 0 amide bonds. The van der Waals surface area contributed by atoms with E-state index < -0.39 is 28.3 Å². The minimum absolute atomic E-state index is 0.182. The van der Waals surface area contributed by atoms with Crippen LogP contribution in [-0.2, 0) is 19.3 Å². The van der Waals surface area contributed by atoms with Gasteiger partial charge in [-0.25, -0.2) is 13.4 Å². The number of pyridine rings is 1. The normalized spacial score (nSPS) is 22.5. The maximum absolute atomic E-state index is 11.5. The van der Waals surface area contributed by atoms with Crippen LogP contribution in [0.4, 0.5) is 5.82 Å². The molecule has 0 aromatic carbocycles. The Hall–Kier alpha value is -1.32. The number of hydrogen-bond donors (Lipinski definition) is 1. The molecule has 2 aliphatic rings. The number of aromatic nitrogens is 1. The van der Waals surface area contributed by atoms with Gasteiger partial charge in [0, 0.05) is 0 Å². The van der Waals surface area contributed by atoms with Gasteiger partial charge in [-0.2, -0.15) is 0 Å². The lowest BCUT2D eigenvalue weighted by Gasteiger charge is -2.32. The zero-order valence-corrected chi connectivity index (χ0v) is 15.4. The molecule has 24 heavy (non-hydrogen) atoms. The average molecular weight is 354 g/mol. The van der Waals surface area contributed by atoms with E-state index >= 15 is 0 Å². The molecule has 0 atom stereocenters. The Morgan fingerprint density at radius 3 is 2.29 bits per heavy atom. The molecule has 1 aromatic heterocycles. The second-order valence-corrected chi connectivity index (χ2v) is 9.11. The van der Waals surface area contributed by atoms with Crippen LogP contribution in [0, 0.1) is 0 Å². The fourth-order valence-electron chi connectivity index (χ4n) is 2.30. The number of rotatable bonds is 5. The Morgan fingerprint density at radius 2 is 1.79 bits per heavy atom. The second-order valence-electron chi connectivity index (χ2n) is 7.36. The van der Waals surface area contributed by atoms with Crippen LogP contribution in [0.5, 0.6) is 5.75 Å². The summed E-state index contributed by atoms with van der Waals surface area (Å²) in [7, 11) is -4.14. The third-order valence-corrected chi connectivity index (χ3v) is 5.05. The van der Waals surface area contributed by atoms with Gasteiger partial charge in [-0.05, 0) is 52.7 Å². The fourth-order valence-corrected chi connectivity index (χ4v) is 2.79. The summed E-state index contributed by atoms with van der Waals surface area (Å²) < 4.78 is 43.3. The van der Waals surface area contributed by atoms with Crippen molar-refractivity contribution in [2.24, 2.45) is 0 Å². The van der Waals surface area contributed by atoms with Gasteiger partial charge in [-0.3, -0.25) is 4.72 Å². The van der Waals surface area contributed by atoms with Crippen LogP contribution < -0.4 is 15.1 Å². The van der Waals surface area contributed by atoms with Crippen molar-refractivity contribution in [2.75, 3.05) is 11.0 Å².